The molecule has 0 aliphatic heterocycles. The van der Waals surface area contributed by atoms with Crippen molar-refractivity contribution in [3.8, 4) is 0 Å². The molecule has 5 heteroatoms. The van der Waals surface area contributed by atoms with Crippen molar-refractivity contribution < 1.29 is 9.31 Å². The third kappa shape index (κ3) is 1.90. The lowest BCUT2D eigenvalue weighted by Gasteiger charge is -2.12. The van der Waals surface area contributed by atoms with Crippen molar-refractivity contribution in [2.75, 3.05) is 6.54 Å². The largest absolute Gasteiger partial charge is 0.330 e. The third-order valence-electron chi connectivity index (χ3n) is 3.21. The lowest BCUT2D eigenvalue weighted by molar-refractivity contribution is -0.387. The highest BCUT2D eigenvalue weighted by atomic mass is 19.1. The zero-order chi connectivity index (χ0) is 11.8. The van der Waals surface area contributed by atoms with Crippen LogP contribution < -0.4 is 5.73 Å². The minimum atomic E-state index is -0.716. The van der Waals surface area contributed by atoms with Crippen molar-refractivity contribution in [3.63, 3.8) is 0 Å². The molecule has 2 N–H and O–H groups in total. The van der Waals surface area contributed by atoms with Crippen LogP contribution in [-0.2, 0) is 6.42 Å². The number of hydrogen-bond acceptors (Lipinski definition) is 3. The fourth-order valence-electron chi connectivity index (χ4n) is 1.88. The molecule has 16 heavy (non-hydrogen) atoms. The number of nitrogens with zero attached hydrogens (tertiary/aromatic N) is 1. The highest BCUT2D eigenvalue weighted by Crippen LogP contribution is 2.47. The topological polar surface area (TPSA) is 69.2 Å². The molecular weight excluding hydrogens is 211 g/mol. The lowest BCUT2D eigenvalue weighted by atomic mass is 9.96. The van der Waals surface area contributed by atoms with E-state index in [1.165, 1.54) is 12.1 Å². The number of halogens is 1. The Morgan fingerprint density at radius 2 is 2.19 bits per heavy atom. The van der Waals surface area contributed by atoms with Crippen LogP contribution in [0.2, 0.25) is 0 Å². The van der Waals surface area contributed by atoms with Gasteiger partial charge in [0, 0.05) is 6.07 Å². The van der Waals surface area contributed by atoms with E-state index in [9.17, 15) is 14.5 Å². The molecule has 0 bridgehead atoms. The summed E-state index contributed by atoms with van der Waals surface area (Å²) >= 11 is 0. The molecule has 0 radical (unpaired) electrons. The molecule has 2 rings (SSSR count). The van der Waals surface area contributed by atoms with Gasteiger partial charge in [-0.25, -0.2) is 0 Å². The molecule has 4 nitrogen and oxygen atoms in total. The number of nitro benzene ring substituents is 1. The molecule has 0 atom stereocenters. The summed E-state index contributed by atoms with van der Waals surface area (Å²) in [5, 5.41) is 10.6. The Kier molecular flexibility index (Phi) is 2.63. The van der Waals surface area contributed by atoms with Gasteiger partial charge in [0.2, 0.25) is 5.82 Å². The normalized spacial score (nSPS) is 17.1. The zero-order valence-corrected chi connectivity index (χ0v) is 8.78. The number of hydrogen-bond donors (Lipinski definition) is 1. The first-order valence-electron chi connectivity index (χ1n) is 5.20. The molecule has 1 aliphatic rings. The Bertz CT molecular complexity index is 430. The first-order valence-corrected chi connectivity index (χ1v) is 5.20. The first kappa shape index (κ1) is 11.0. The predicted octanol–water partition coefficient (Wildman–Crippen LogP) is 2.02. The summed E-state index contributed by atoms with van der Waals surface area (Å²) in [5.74, 6) is -0.716. The van der Waals surface area contributed by atoms with Crippen LogP contribution in [0.3, 0.4) is 0 Å². The highest BCUT2D eigenvalue weighted by Gasteiger charge is 2.42. The summed E-state index contributed by atoms with van der Waals surface area (Å²) in [6.45, 7) is 0.509. The second-order valence-corrected chi connectivity index (χ2v) is 4.39. The third-order valence-corrected chi connectivity index (χ3v) is 3.21. The zero-order valence-electron chi connectivity index (χ0n) is 8.78. The molecule has 0 aromatic heterocycles. The van der Waals surface area contributed by atoms with Gasteiger partial charge in [0.15, 0.2) is 0 Å². The molecule has 1 saturated carbocycles. The van der Waals surface area contributed by atoms with Crippen molar-refractivity contribution >= 4 is 5.69 Å². The van der Waals surface area contributed by atoms with E-state index >= 15 is 0 Å². The quantitative estimate of drug-likeness (QED) is 0.628. The van der Waals surface area contributed by atoms with Crippen LogP contribution in [0.4, 0.5) is 10.1 Å². The van der Waals surface area contributed by atoms with Crippen LogP contribution in [0, 0.1) is 21.3 Å². The van der Waals surface area contributed by atoms with E-state index in [4.69, 9.17) is 5.73 Å². The molecular formula is C11H13FN2O2. The average Bonchev–Trinajstić information content (AvgIpc) is 3.01. The minimum absolute atomic E-state index is 0.0178. The fourth-order valence-corrected chi connectivity index (χ4v) is 1.88. The van der Waals surface area contributed by atoms with Gasteiger partial charge in [0.05, 0.1) is 4.92 Å². The van der Waals surface area contributed by atoms with Crippen molar-refractivity contribution in [1.29, 1.82) is 0 Å². The summed E-state index contributed by atoms with van der Waals surface area (Å²) in [6.07, 6.45) is 2.45. The van der Waals surface area contributed by atoms with E-state index in [-0.39, 0.29) is 5.41 Å². The van der Waals surface area contributed by atoms with Gasteiger partial charge in [-0.1, -0.05) is 12.1 Å². The Labute approximate surface area is 92.4 Å². The molecule has 0 spiro atoms. The summed E-state index contributed by atoms with van der Waals surface area (Å²) in [7, 11) is 0. The molecule has 0 amide bonds. The van der Waals surface area contributed by atoms with Gasteiger partial charge in [-0.15, -0.1) is 0 Å². The van der Waals surface area contributed by atoms with Crippen LogP contribution in [0.25, 0.3) is 0 Å². The number of rotatable bonds is 4. The van der Waals surface area contributed by atoms with Gasteiger partial charge in [0.1, 0.15) is 0 Å². The van der Waals surface area contributed by atoms with Crippen LogP contribution in [-0.4, -0.2) is 11.5 Å². The molecule has 0 unspecified atom stereocenters. The molecule has 0 heterocycles. The van der Waals surface area contributed by atoms with Crippen LogP contribution in [0.15, 0.2) is 18.2 Å². The van der Waals surface area contributed by atoms with E-state index in [1.807, 2.05) is 0 Å². The summed E-state index contributed by atoms with van der Waals surface area (Å²) < 4.78 is 13.7. The standard InChI is InChI=1S/C11H13FN2O2/c12-10-8(6-11(7-13)4-5-11)2-1-3-9(10)14(15)16/h1-3H,4-7,13H2. The maximum atomic E-state index is 13.7. The van der Waals surface area contributed by atoms with Crippen LogP contribution in [0.5, 0.6) is 0 Å². The molecule has 0 saturated heterocycles. The molecule has 1 aromatic rings. The van der Waals surface area contributed by atoms with E-state index in [1.54, 1.807) is 6.07 Å². The lowest BCUT2D eigenvalue weighted by Crippen LogP contribution is -2.18. The monoisotopic (exact) mass is 224 g/mol. The van der Waals surface area contributed by atoms with Crippen molar-refractivity contribution in [1.82, 2.24) is 0 Å². The van der Waals surface area contributed by atoms with E-state index in [0.717, 1.165) is 12.8 Å². The number of benzene rings is 1. The Hall–Kier alpha value is -1.49. The summed E-state index contributed by atoms with van der Waals surface area (Å²) in [5.41, 5.74) is 5.54. The summed E-state index contributed by atoms with van der Waals surface area (Å²) in [6, 6.07) is 4.29. The van der Waals surface area contributed by atoms with Gasteiger partial charge in [-0.05, 0) is 36.8 Å². The second kappa shape index (κ2) is 3.83. The number of nitro groups is 1. The predicted molar refractivity (Wildman–Crippen MR) is 57.5 cm³/mol. The van der Waals surface area contributed by atoms with E-state index in [0.29, 0.717) is 18.5 Å². The Balaban J connectivity index is 2.28. The first-order chi connectivity index (χ1) is 7.58. The van der Waals surface area contributed by atoms with Crippen molar-refractivity contribution in [2.24, 2.45) is 11.1 Å². The molecule has 1 aliphatic carbocycles. The van der Waals surface area contributed by atoms with Crippen molar-refractivity contribution in [3.05, 3.63) is 39.7 Å². The van der Waals surface area contributed by atoms with Gasteiger partial charge in [-0.3, -0.25) is 10.1 Å². The fraction of sp³-hybridized carbons (Fsp3) is 0.455. The molecule has 1 fully saturated rings. The maximum Gasteiger partial charge on any atom is 0.305 e. The van der Waals surface area contributed by atoms with Gasteiger partial charge in [-0.2, -0.15) is 4.39 Å². The maximum absolute atomic E-state index is 13.7. The van der Waals surface area contributed by atoms with E-state index < -0.39 is 16.4 Å². The summed E-state index contributed by atoms with van der Waals surface area (Å²) in [4.78, 5) is 9.87. The smallest absolute Gasteiger partial charge is 0.305 e. The minimum Gasteiger partial charge on any atom is -0.330 e. The average molecular weight is 224 g/mol. The highest BCUT2D eigenvalue weighted by molar-refractivity contribution is 5.37. The SMILES string of the molecule is NCC1(Cc2cccc([N+](=O)[O-])c2F)CC1. The Morgan fingerprint density at radius 3 is 2.69 bits per heavy atom. The van der Waals surface area contributed by atoms with E-state index in [2.05, 4.69) is 0 Å². The second-order valence-electron chi connectivity index (χ2n) is 4.39. The Morgan fingerprint density at radius 1 is 1.50 bits per heavy atom. The van der Waals surface area contributed by atoms with Crippen LogP contribution >= 0.6 is 0 Å². The van der Waals surface area contributed by atoms with Crippen LogP contribution in [0.1, 0.15) is 18.4 Å². The molecule has 1 aromatic carbocycles. The molecule has 86 valence electrons. The van der Waals surface area contributed by atoms with Gasteiger partial charge < -0.3 is 5.73 Å². The van der Waals surface area contributed by atoms with Gasteiger partial charge >= 0.3 is 5.69 Å². The number of nitrogens with two attached hydrogens (primary N) is 1. The van der Waals surface area contributed by atoms with Crippen molar-refractivity contribution in [2.45, 2.75) is 19.3 Å². The van der Waals surface area contributed by atoms with Gasteiger partial charge in [0.25, 0.3) is 0 Å².